The van der Waals surface area contributed by atoms with E-state index in [9.17, 15) is 0 Å². The third-order valence-electron chi connectivity index (χ3n) is 5.27. The first kappa shape index (κ1) is 18.5. The molecule has 0 spiro atoms. The number of likely N-dealkylation sites (tertiary alicyclic amines) is 1. The van der Waals surface area contributed by atoms with E-state index < -0.39 is 0 Å². The molecule has 0 atom stereocenters. The molecule has 1 N–H and O–H groups in total. The first-order valence-corrected chi connectivity index (χ1v) is 9.52. The third kappa shape index (κ3) is 5.92. The number of nitrogens with zero attached hydrogens (tertiary/aromatic N) is 3. The summed E-state index contributed by atoms with van der Waals surface area (Å²) in [6.07, 6.45) is 14.0. The van der Waals surface area contributed by atoms with Gasteiger partial charge in [0.1, 0.15) is 0 Å². The van der Waals surface area contributed by atoms with Crippen LogP contribution in [0.5, 0.6) is 0 Å². The van der Waals surface area contributed by atoms with E-state index >= 15 is 0 Å². The molecule has 2 aliphatic rings. The van der Waals surface area contributed by atoms with Crippen LogP contribution in [0.15, 0.2) is 12.4 Å². The SMILES string of the molecule is CNC(C)C.Cc1cnn(C2CCN(C3CCCCC3)CC2)c1. The molecule has 0 unspecified atom stereocenters. The lowest BCUT2D eigenvalue weighted by molar-refractivity contribution is 0.106. The molecular formula is C19H36N4. The fourth-order valence-electron chi connectivity index (χ4n) is 3.59. The predicted octanol–water partition coefficient (Wildman–Crippen LogP) is 3.78. The van der Waals surface area contributed by atoms with Gasteiger partial charge in [-0.15, -0.1) is 0 Å². The predicted molar refractivity (Wildman–Crippen MR) is 97.9 cm³/mol. The highest BCUT2D eigenvalue weighted by Gasteiger charge is 2.26. The van der Waals surface area contributed by atoms with Crippen LogP contribution in [0.1, 0.15) is 70.4 Å². The Morgan fingerprint density at radius 2 is 1.65 bits per heavy atom. The second kappa shape index (κ2) is 9.43. The minimum Gasteiger partial charge on any atom is -0.318 e. The van der Waals surface area contributed by atoms with Gasteiger partial charge in [0.25, 0.3) is 0 Å². The van der Waals surface area contributed by atoms with E-state index in [0.29, 0.717) is 12.1 Å². The summed E-state index contributed by atoms with van der Waals surface area (Å²) in [7, 11) is 1.95. The molecule has 2 fully saturated rings. The van der Waals surface area contributed by atoms with Crippen LogP contribution in [0.3, 0.4) is 0 Å². The maximum absolute atomic E-state index is 4.48. The Labute approximate surface area is 142 Å². The topological polar surface area (TPSA) is 33.1 Å². The minimum absolute atomic E-state index is 0.634. The van der Waals surface area contributed by atoms with Crippen LogP contribution in [0.25, 0.3) is 0 Å². The fraction of sp³-hybridized carbons (Fsp3) is 0.842. The maximum atomic E-state index is 4.48. The van der Waals surface area contributed by atoms with Crippen LogP contribution in [0.4, 0.5) is 0 Å². The lowest BCUT2D eigenvalue weighted by Gasteiger charge is -2.39. The molecular weight excluding hydrogens is 284 g/mol. The summed E-state index contributed by atoms with van der Waals surface area (Å²) in [5.74, 6) is 0. The van der Waals surface area contributed by atoms with Crippen LogP contribution >= 0.6 is 0 Å². The van der Waals surface area contributed by atoms with E-state index in [0.717, 1.165) is 6.04 Å². The van der Waals surface area contributed by atoms with Crippen LogP contribution in [-0.4, -0.2) is 46.9 Å². The van der Waals surface area contributed by atoms with Crippen molar-refractivity contribution >= 4 is 0 Å². The van der Waals surface area contributed by atoms with E-state index in [-0.39, 0.29) is 0 Å². The Morgan fingerprint density at radius 3 is 2.13 bits per heavy atom. The molecule has 0 bridgehead atoms. The van der Waals surface area contributed by atoms with Gasteiger partial charge in [0, 0.05) is 31.4 Å². The summed E-state index contributed by atoms with van der Waals surface area (Å²) in [5, 5.41) is 7.50. The molecule has 1 aliphatic carbocycles. The van der Waals surface area contributed by atoms with Crippen molar-refractivity contribution in [1.82, 2.24) is 20.0 Å². The van der Waals surface area contributed by atoms with E-state index in [2.05, 4.69) is 47.0 Å². The first-order valence-electron chi connectivity index (χ1n) is 9.52. The van der Waals surface area contributed by atoms with Gasteiger partial charge in [-0.05, 0) is 45.2 Å². The van der Waals surface area contributed by atoms with Crippen molar-refractivity contribution in [3.05, 3.63) is 18.0 Å². The highest BCUT2D eigenvalue weighted by Crippen LogP contribution is 2.28. The first-order chi connectivity index (χ1) is 11.1. The van der Waals surface area contributed by atoms with Crippen molar-refractivity contribution in [2.75, 3.05) is 20.1 Å². The number of nitrogens with one attached hydrogen (secondary N) is 1. The fourth-order valence-corrected chi connectivity index (χ4v) is 3.59. The van der Waals surface area contributed by atoms with E-state index in [4.69, 9.17) is 0 Å². The Bertz CT molecular complexity index is 426. The van der Waals surface area contributed by atoms with Gasteiger partial charge in [-0.25, -0.2) is 0 Å². The van der Waals surface area contributed by atoms with Crippen molar-refractivity contribution in [3.63, 3.8) is 0 Å². The van der Waals surface area contributed by atoms with Crippen molar-refractivity contribution in [2.45, 2.75) is 83.8 Å². The highest BCUT2D eigenvalue weighted by atomic mass is 15.3. The van der Waals surface area contributed by atoms with Gasteiger partial charge in [-0.1, -0.05) is 33.1 Å². The lowest BCUT2D eigenvalue weighted by atomic mass is 9.92. The minimum atomic E-state index is 0.634. The molecule has 0 aromatic carbocycles. The Hall–Kier alpha value is -0.870. The summed E-state index contributed by atoms with van der Waals surface area (Å²) in [6.45, 7) is 8.89. The Kier molecular flexibility index (Phi) is 7.57. The van der Waals surface area contributed by atoms with Gasteiger partial charge in [-0.3, -0.25) is 4.68 Å². The largest absolute Gasteiger partial charge is 0.318 e. The number of rotatable bonds is 3. The van der Waals surface area contributed by atoms with Gasteiger partial charge >= 0.3 is 0 Å². The van der Waals surface area contributed by atoms with Crippen molar-refractivity contribution in [3.8, 4) is 0 Å². The summed E-state index contributed by atoms with van der Waals surface area (Å²) in [5.41, 5.74) is 1.28. The third-order valence-corrected chi connectivity index (χ3v) is 5.27. The van der Waals surface area contributed by atoms with Gasteiger partial charge in [0.2, 0.25) is 0 Å². The van der Waals surface area contributed by atoms with Gasteiger partial charge in [-0.2, -0.15) is 5.10 Å². The molecule has 3 rings (SSSR count). The standard InChI is InChI=1S/C15H25N3.C4H11N/c1-13-11-16-18(12-13)15-7-9-17(10-8-15)14-5-3-2-4-6-14;1-4(2)5-3/h11-12,14-15H,2-10H2,1H3;4-5H,1-3H3. The second-order valence-corrected chi connectivity index (χ2v) is 7.50. The van der Waals surface area contributed by atoms with E-state index in [1.54, 1.807) is 0 Å². The van der Waals surface area contributed by atoms with E-state index in [1.165, 1.54) is 63.6 Å². The van der Waals surface area contributed by atoms with Crippen LogP contribution in [0, 0.1) is 6.92 Å². The zero-order valence-electron chi connectivity index (χ0n) is 15.6. The summed E-state index contributed by atoms with van der Waals surface area (Å²) in [6, 6.07) is 2.16. The molecule has 1 aliphatic heterocycles. The van der Waals surface area contributed by atoms with Gasteiger partial charge in [0.15, 0.2) is 0 Å². The maximum Gasteiger partial charge on any atom is 0.0543 e. The molecule has 2 heterocycles. The van der Waals surface area contributed by atoms with Crippen molar-refractivity contribution in [1.29, 1.82) is 0 Å². The Morgan fingerprint density at radius 1 is 1.04 bits per heavy atom. The number of hydrogen-bond donors (Lipinski definition) is 1. The number of aryl methyl sites for hydroxylation is 1. The molecule has 1 aromatic rings. The number of piperidine rings is 1. The second-order valence-electron chi connectivity index (χ2n) is 7.50. The molecule has 0 amide bonds. The average molecular weight is 321 g/mol. The number of aromatic nitrogens is 2. The lowest BCUT2D eigenvalue weighted by Crippen LogP contribution is -2.42. The summed E-state index contributed by atoms with van der Waals surface area (Å²) < 4.78 is 2.19. The molecule has 1 saturated carbocycles. The van der Waals surface area contributed by atoms with Crippen LogP contribution < -0.4 is 5.32 Å². The smallest absolute Gasteiger partial charge is 0.0543 e. The Balaban J connectivity index is 0.000000338. The average Bonchev–Trinajstić information content (AvgIpc) is 3.03. The van der Waals surface area contributed by atoms with E-state index in [1.807, 2.05) is 13.2 Å². The molecule has 1 aromatic heterocycles. The quantitative estimate of drug-likeness (QED) is 0.920. The van der Waals surface area contributed by atoms with Gasteiger partial charge < -0.3 is 10.2 Å². The zero-order chi connectivity index (χ0) is 16.7. The van der Waals surface area contributed by atoms with Crippen molar-refractivity contribution < 1.29 is 0 Å². The number of hydrogen-bond acceptors (Lipinski definition) is 3. The van der Waals surface area contributed by atoms with Crippen molar-refractivity contribution in [2.24, 2.45) is 0 Å². The molecule has 1 saturated heterocycles. The molecule has 4 nitrogen and oxygen atoms in total. The van der Waals surface area contributed by atoms with Crippen LogP contribution in [0.2, 0.25) is 0 Å². The molecule has 0 radical (unpaired) electrons. The summed E-state index contributed by atoms with van der Waals surface area (Å²) in [4.78, 5) is 2.74. The molecule has 23 heavy (non-hydrogen) atoms. The monoisotopic (exact) mass is 320 g/mol. The van der Waals surface area contributed by atoms with Crippen LogP contribution in [-0.2, 0) is 0 Å². The highest BCUT2D eigenvalue weighted by molar-refractivity contribution is 5.01. The van der Waals surface area contributed by atoms with Gasteiger partial charge in [0.05, 0.1) is 12.2 Å². The normalized spacial score (nSPS) is 21.3. The molecule has 4 heteroatoms. The zero-order valence-corrected chi connectivity index (χ0v) is 15.6. The molecule has 132 valence electrons. The summed E-state index contributed by atoms with van der Waals surface area (Å²) >= 11 is 0.